The van der Waals surface area contributed by atoms with Crippen molar-refractivity contribution >= 4 is 11.7 Å². The van der Waals surface area contributed by atoms with Crippen LogP contribution in [0, 0.1) is 5.41 Å². The molecule has 4 nitrogen and oxygen atoms in total. The van der Waals surface area contributed by atoms with Gasteiger partial charge in [-0.3, -0.25) is 5.41 Å². The monoisotopic (exact) mass is 190 g/mol. The molecule has 0 radical (unpaired) electrons. The maximum atomic E-state index is 7.63. The fraction of sp³-hybridized carbons (Fsp3) is 0.200. The summed E-state index contributed by atoms with van der Waals surface area (Å²) in [6, 6.07) is 9.25. The minimum atomic E-state index is 0.177. The molecule has 0 saturated carbocycles. The van der Waals surface area contributed by atoms with Crippen molar-refractivity contribution in [3.05, 3.63) is 35.9 Å². The van der Waals surface area contributed by atoms with E-state index in [2.05, 4.69) is 4.99 Å². The number of aliphatic imine (C=N–C) groups is 1. The Morgan fingerprint density at radius 3 is 2.50 bits per heavy atom. The topological polar surface area (TPSA) is 88.2 Å². The van der Waals surface area contributed by atoms with Crippen LogP contribution in [0.5, 0.6) is 0 Å². The molecule has 14 heavy (non-hydrogen) atoms. The standard InChI is InChI=1S/C10H14N4/c11-7-6-9(12)14-10(13)8-4-2-1-3-5-8/h1-5H,6-7,11H2,(H3,12,13,14). The van der Waals surface area contributed by atoms with Gasteiger partial charge in [0.15, 0.2) is 5.84 Å². The Morgan fingerprint density at radius 2 is 1.93 bits per heavy atom. The van der Waals surface area contributed by atoms with Crippen molar-refractivity contribution in [2.45, 2.75) is 6.42 Å². The van der Waals surface area contributed by atoms with Gasteiger partial charge < -0.3 is 11.5 Å². The zero-order valence-corrected chi connectivity index (χ0v) is 7.90. The van der Waals surface area contributed by atoms with Crippen molar-refractivity contribution in [1.29, 1.82) is 5.41 Å². The van der Waals surface area contributed by atoms with E-state index in [4.69, 9.17) is 16.9 Å². The van der Waals surface area contributed by atoms with Crippen molar-refractivity contribution in [3.8, 4) is 0 Å². The second-order valence-electron chi connectivity index (χ2n) is 2.86. The van der Waals surface area contributed by atoms with Crippen molar-refractivity contribution < 1.29 is 0 Å². The molecule has 0 aromatic heterocycles. The van der Waals surface area contributed by atoms with E-state index in [1.54, 1.807) is 0 Å². The van der Waals surface area contributed by atoms with Gasteiger partial charge in [0.1, 0.15) is 5.84 Å². The Bertz CT molecular complexity index is 329. The van der Waals surface area contributed by atoms with Gasteiger partial charge in [0.05, 0.1) is 0 Å². The van der Waals surface area contributed by atoms with E-state index in [1.165, 1.54) is 0 Å². The lowest BCUT2D eigenvalue weighted by molar-refractivity contribution is 1.03. The van der Waals surface area contributed by atoms with Crippen LogP contribution in [0.2, 0.25) is 0 Å². The molecule has 4 heteroatoms. The number of rotatable bonds is 3. The average Bonchev–Trinajstić information content (AvgIpc) is 2.19. The summed E-state index contributed by atoms with van der Waals surface area (Å²) in [5.74, 6) is 0.581. The summed E-state index contributed by atoms with van der Waals surface area (Å²) >= 11 is 0. The molecule has 0 atom stereocenters. The normalized spacial score (nSPS) is 11.4. The van der Waals surface area contributed by atoms with Crippen molar-refractivity contribution in [2.24, 2.45) is 16.5 Å². The summed E-state index contributed by atoms with van der Waals surface area (Å²) in [5, 5.41) is 7.63. The number of hydrogen-bond acceptors (Lipinski definition) is 2. The number of nitrogens with two attached hydrogens (primary N) is 2. The number of amidine groups is 2. The Balaban J connectivity index is 2.72. The molecule has 74 valence electrons. The van der Waals surface area contributed by atoms with Crippen LogP contribution < -0.4 is 11.5 Å². The molecule has 0 saturated heterocycles. The summed E-state index contributed by atoms with van der Waals surface area (Å²) < 4.78 is 0. The van der Waals surface area contributed by atoms with Crippen LogP contribution in [0.15, 0.2) is 35.3 Å². The molecular formula is C10H14N4. The van der Waals surface area contributed by atoms with Gasteiger partial charge in [-0.25, -0.2) is 4.99 Å². The van der Waals surface area contributed by atoms with Gasteiger partial charge in [-0.2, -0.15) is 0 Å². The highest BCUT2D eigenvalue weighted by Gasteiger charge is 1.98. The lowest BCUT2D eigenvalue weighted by Gasteiger charge is -2.00. The van der Waals surface area contributed by atoms with Crippen LogP contribution in [0.4, 0.5) is 0 Å². The zero-order valence-electron chi connectivity index (χ0n) is 7.90. The van der Waals surface area contributed by atoms with Crippen molar-refractivity contribution in [1.82, 2.24) is 0 Å². The first-order valence-corrected chi connectivity index (χ1v) is 4.41. The van der Waals surface area contributed by atoms with E-state index in [0.717, 1.165) is 5.56 Å². The van der Waals surface area contributed by atoms with E-state index in [9.17, 15) is 0 Å². The minimum Gasteiger partial charge on any atom is -0.387 e. The van der Waals surface area contributed by atoms with Crippen LogP contribution in [0.1, 0.15) is 12.0 Å². The predicted octanol–water partition coefficient (Wildman–Crippen LogP) is 0.718. The summed E-state index contributed by atoms with van der Waals surface area (Å²) in [6.45, 7) is 0.456. The summed E-state index contributed by atoms with van der Waals surface area (Å²) in [6.07, 6.45) is 0.523. The van der Waals surface area contributed by atoms with Gasteiger partial charge in [0.2, 0.25) is 0 Å². The largest absolute Gasteiger partial charge is 0.387 e. The molecule has 0 unspecified atom stereocenters. The molecule has 0 spiro atoms. The predicted molar refractivity (Wildman–Crippen MR) is 58.6 cm³/mol. The van der Waals surface area contributed by atoms with E-state index in [0.29, 0.717) is 18.8 Å². The third-order valence-corrected chi connectivity index (χ3v) is 1.70. The summed E-state index contributed by atoms with van der Waals surface area (Å²) in [5.41, 5.74) is 11.6. The average molecular weight is 190 g/mol. The van der Waals surface area contributed by atoms with Crippen LogP contribution in [0.25, 0.3) is 0 Å². The lowest BCUT2D eigenvalue weighted by Crippen LogP contribution is -2.18. The molecule has 0 aliphatic rings. The fourth-order valence-electron chi connectivity index (χ4n) is 1.01. The Hall–Kier alpha value is -1.68. The number of benzene rings is 1. The van der Waals surface area contributed by atoms with Crippen LogP contribution in [-0.4, -0.2) is 18.2 Å². The Morgan fingerprint density at radius 1 is 1.29 bits per heavy atom. The molecule has 5 N–H and O–H groups in total. The number of hydrogen-bond donors (Lipinski definition) is 3. The number of nitrogens with one attached hydrogen (secondary N) is 1. The van der Waals surface area contributed by atoms with E-state index < -0.39 is 0 Å². The molecule has 0 aliphatic heterocycles. The highest BCUT2D eigenvalue weighted by Crippen LogP contribution is 2.00. The third kappa shape index (κ3) is 2.99. The smallest absolute Gasteiger partial charge is 0.153 e. The van der Waals surface area contributed by atoms with Gasteiger partial charge in [-0.15, -0.1) is 0 Å². The molecule has 0 amide bonds. The van der Waals surface area contributed by atoms with Gasteiger partial charge in [-0.05, 0) is 6.54 Å². The van der Waals surface area contributed by atoms with Gasteiger partial charge >= 0.3 is 0 Å². The second kappa shape index (κ2) is 5.14. The van der Waals surface area contributed by atoms with Gasteiger partial charge in [0.25, 0.3) is 0 Å². The Labute approximate surface area is 83.2 Å². The first-order valence-electron chi connectivity index (χ1n) is 4.41. The SMILES string of the molecule is N=C(N=C(N)CCN)c1ccccc1. The quantitative estimate of drug-likeness (QED) is 0.484. The maximum Gasteiger partial charge on any atom is 0.153 e. The lowest BCUT2D eigenvalue weighted by atomic mass is 10.2. The van der Waals surface area contributed by atoms with E-state index in [-0.39, 0.29) is 5.84 Å². The van der Waals surface area contributed by atoms with Crippen molar-refractivity contribution in [2.75, 3.05) is 6.54 Å². The highest BCUT2D eigenvalue weighted by molar-refractivity contribution is 6.04. The molecule has 1 aromatic carbocycles. The molecule has 0 fully saturated rings. The van der Waals surface area contributed by atoms with Gasteiger partial charge in [-0.1, -0.05) is 30.3 Å². The first-order chi connectivity index (χ1) is 6.74. The first kappa shape index (κ1) is 10.4. The van der Waals surface area contributed by atoms with E-state index >= 15 is 0 Å². The molecule has 0 aliphatic carbocycles. The molecule has 0 heterocycles. The van der Waals surface area contributed by atoms with E-state index in [1.807, 2.05) is 30.3 Å². The fourth-order valence-corrected chi connectivity index (χ4v) is 1.01. The van der Waals surface area contributed by atoms with Crippen LogP contribution in [0.3, 0.4) is 0 Å². The van der Waals surface area contributed by atoms with Crippen LogP contribution in [-0.2, 0) is 0 Å². The Kier molecular flexibility index (Phi) is 3.82. The maximum absolute atomic E-state index is 7.63. The molecule has 1 rings (SSSR count). The molecule has 1 aromatic rings. The molecular weight excluding hydrogens is 176 g/mol. The van der Waals surface area contributed by atoms with Crippen molar-refractivity contribution in [3.63, 3.8) is 0 Å². The summed E-state index contributed by atoms with van der Waals surface area (Å²) in [4.78, 5) is 3.93. The molecule has 0 bridgehead atoms. The third-order valence-electron chi connectivity index (χ3n) is 1.70. The van der Waals surface area contributed by atoms with Crippen LogP contribution >= 0.6 is 0 Å². The summed E-state index contributed by atoms with van der Waals surface area (Å²) in [7, 11) is 0. The number of nitrogens with zero attached hydrogens (tertiary/aromatic N) is 1. The highest BCUT2D eigenvalue weighted by atomic mass is 14.9. The van der Waals surface area contributed by atoms with Gasteiger partial charge in [0, 0.05) is 12.0 Å². The second-order valence-corrected chi connectivity index (χ2v) is 2.86. The minimum absolute atomic E-state index is 0.177. The zero-order chi connectivity index (χ0) is 10.4.